The van der Waals surface area contributed by atoms with E-state index in [9.17, 15) is 4.79 Å². The first-order chi connectivity index (χ1) is 12.7. The number of fused-ring (bicyclic) bond motifs is 2. The van der Waals surface area contributed by atoms with E-state index in [1.165, 1.54) is 49.4 Å². The Morgan fingerprint density at radius 3 is 2.42 bits per heavy atom. The highest BCUT2D eigenvalue weighted by Gasteiger charge is 2.39. The van der Waals surface area contributed by atoms with E-state index in [4.69, 9.17) is 5.73 Å². The third-order valence-electron chi connectivity index (χ3n) is 6.40. The Hall–Kier alpha value is -1.04. The van der Waals surface area contributed by atoms with Crippen molar-refractivity contribution in [2.45, 2.75) is 50.7 Å². The van der Waals surface area contributed by atoms with Crippen molar-refractivity contribution in [2.75, 3.05) is 24.6 Å². The van der Waals surface area contributed by atoms with Crippen LogP contribution >= 0.6 is 11.8 Å². The highest BCUT2D eigenvalue weighted by Crippen LogP contribution is 2.39. The number of nitrogens with one attached hydrogen (secondary N) is 1. The highest BCUT2D eigenvalue weighted by atomic mass is 32.2. The van der Waals surface area contributed by atoms with E-state index in [1.54, 1.807) is 0 Å². The van der Waals surface area contributed by atoms with Gasteiger partial charge in [-0.2, -0.15) is 11.8 Å². The van der Waals surface area contributed by atoms with Crippen LogP contribution in [-0.2, 0) is 6.54 Å². The summed E-state index contributed by atoms with van der Waals surface area (Å²) in [5.41, 5.74) is 8.29. The molecule has 1 heterocycles. The summed E-state index contributed by atoms with van der Waals surface area (Å²) in [5.74, 6) is 3.68. The number of rotatable bonds is 4. The lowest BCUT2D eigenvalue weighted by Gasteiger charge is -2.45. The molecule has 2 saturated carbocycles. The summed E-state index contributed by atoms with van der Waals surface area (Å²) >= 11 is 2.04. The number of hydrogen-bond donors (Lipinski definition) is 2. The number of nitrogens with two attached hydrogens (primary N) is 1. The van der Waals surface area contributed by atoms with Crippen molar-refractivity contribution in [3.63, 3.8) is 0 Å². The van der Waals surface area contributed by atoms with E-state index >= 15 is 0 Å². The molecule has 3 aliphatic rings. The molecular formula is C21H31N3OS. The number of thioether (sulfide) groups is 1. The van der Waals surface area contributed by atoms with Gasteiger partial charge in [-0.25, -0.2) is 0 Å². The largest absolute Gasteiger partial charge is 0.349 e. The normalized spacial score (nSPS) is 32.2. The Bertz CT molecular complexity index is 600. The first-order valence-corrected chi connectivity index (χ1v) is 11.3. The van der Waals surface area contributed by atoms with Gasteiger partial charge in [-0.3, -0.25) is 9.69 Å². The molecule has 1 saturated heterocycles. The molecule has 4 nitrogen and oxygen atoms in total. The van der Waals surface area contributed by atoms with Crippen LogP contribution in [0, 0.1) is 11.8 Å². The predicted molar refractivity (Wildman–Crippen MR) is 108 cm³/mol. The molecule has 3 N–H and O–H groups in total. The molecule has 142 valence electrons. The molecule has 3 fully saturated rings. The van der Waals surface area contributed by atoms with E-state index in [0.29, 0.717) is 23.9 Å². The lowest BCUT2D eigenvalue weighted by molar-refractivity contribution is 0.0756. The second kappa shape index (κ2) is 8.32. The molecule has 0 aromatic heterocycles. The van der Waals surface area contributed by atoms with Crippen LogP contribution < -0.4 is 11.1 Å². The minimum atomic E-state index is 0.0864. The van der Waals surface area contributed by atoms with Gasteiger partial charge < -0.3 is 11.1 Å². The zero-order valence-corrected chi connectivity index (χ0v) is 16.3. The van der Waals surface area contributed by atoms with E-state index < -0.39 is 0 Å². The number of amides is 1. The van der Waals surface area contributed by atoms with Crippen molar-refractivity contribution in [3.05, 3.63) is 35.4 Å². The molecule has 0 spiro atoms. The molecular weight excluding hydrogens is 342 g/mol. The topological polar surface area (TPSA) is 58.4 Å². The van der Waals surface area contributed by atoms with Crippen molar-refractivity contribution in [1.82, 2.24) is 10.2 Å². The number of carbonyl (C=O) groups is 1. The summed E-state index contributed by atoms with van der Waals surface area (Å²) in [4.78, 5) is 15.3. The molecule has 26 heavy (non-hydrogen) atoms. The maximum atomic E-state index is 12.8. The Kier molecular flexibility index (Phi) is 5.87. The molecule has 1 amide bonds. The van der Waals surface area contributed by atoms with E-state index in [0.717, 1.165) is 24.9 Å². The van der Waals surface area contributed by atoms with Crippen molar-refractivity contribution in [3.8, 4) is 0 Å². The lowest BCUT2D eigenvalue weighted by atomic mass is 9.67. The predicted octanol–water partition coefficient (Wildman–Crippen LogP) is 2.87. The Balaban J connectivity index is 1.36. The van der Waals surface area contributed by atoms with Crippen LogP contribution in [0.2, 0.25) is 0 Å². The zero-order valence-electron chi connectivity index (χ0n) is 15.5. The van der Waals surface area contributed by atoms with Crippen LogP contribution in [0.3, 0.4) is 0 Å². The molecule has 2 aliphatic carbocycles. The van der Waals surface area contributed by atoms with Gasteiger partial charge in [0, 0.05) is 48.8 Å². The molecule has 2 atom stereocenters. The van der Waals surface area contributed by atoms with Crippen molar-refractivity contribution in [2.24, 2.45) is 17.6 Å². The number of hydrogen-bond acceptors (Lipinski definition) is 4. The zero-order chi connectivity index (χ0) is 17.9. The van der Waals surface area contributed by atoms with Crippen LogP contribution in [0.4, 0.5) is 0 Å². The fraction of sp³-hybridized carbons (Fsp3) is 0.667. The maximum Gasteiger partial charge on any atom is 0.251 e. The van der Waals surface area contributed by atoms with E-state index in [-0.39, 0.29) is 5.91 Å². The average molecular weight is 374 g/mol. The minimum Gasteiger partial charge on any atom is -0.349 e. The molecule has 5 heteroatoms. The summed E-state index contributed by atoms with van der Waals surface area (Å²) in [6, 6.07) is 8.87. The number of nitrogens with zero attached hydrogens (tertiary/aromatic N) is 1. The van der Waals surface area contributed by atoms with Crippen LogP contribution in [0.5, 0.6) is 0 Å². The van der Waals surface area contributed by atoms with Gasteiger partial charge in [-0.05, 0) is 55.2 Å². The number of benzene rings is 1. The van der Waals surface area contributed by atoms with Gasteiger partial charge in [0.25, 0.3) is 5.91 Å². The fourth-order valence-electron chi connectivity index (χ4n) is 5.04. The van der Waals surface area contributed by atoms with Gasteiger partial charge in [0.05, 0.1) is 0 Å². The van der Waals surface area contributed by atoms with Crippen molar-refractivity contribution >= 4 is 17.7 Å². The number of carbonyl (C=O) groups excluding carboxylic acids is 1. The molecule has 2 bridgehead atoms. The Morgan fingerprint density at radius 1 is 1.12 bits per heavy atom. The maximum absolute atomic E-state index is 12.8. The van der Waals surface area contributed by atoms with Gasteiger partial charge in [0.1, 0.15) is 0 Å². The summed E-state index contributed by atoms with van der Waals surface area (Å²) in [7, 11) is 0. The third-order valence-corrected chi connectivity index (χ3v) is 7.34. The fourth-order valence-corrected chi connectivity index (χ4v) is 6.02. The Morgan fingerprint density at radius 2 is 1.77 bits per heavy atom. The molecule has 2 unspecified atom stereocenters. The first-order valence-electron chi connectivity index (χ1n) is 10.1. The summed E-state index contributed by atoms with van der Waals surface area (Å²) in [6.45, 7) is 3.33. The van der Waals surface area contributed by atoms with Crippen LogP contribution in [0.1, 0.15) is 48.0 Å². The SMILES string of the molecule is NC1CC2CCCC(C1)C2NC(=O)c1ccc(CN2CCSCC2)cc1. The summed E-state index contributed by atoms with van der Waals surface area (Å²) in [6.07, 6.45) is 5.84. The monoisotopic (exact) mass is 373 g/mol. The molecule has 0 radical (unpaired) electrons. The molecule has 1 aliphatic heterocycles. The van der Waals surface area contributed by atoms with Gasteiger partial charge in [-0.1, -0.05) is 18.6 Å². The Labute approximate surface area is 161 Å². The van der Waals surface area contributed by atoms with Gasteiger partial charge >= 0.3 is 0 Å². The molecule has 1 aromatic rings. The quantitative estimate of drug-likeness (QED) is 0.852. The van der Waals surface area contributed by atoms with Gasteiger partial charge in [0.15, 0.2) is 0 Å². The second-order valence-corrected chi connectivity index (χ2v) is 9.49. The van der Waals surface area contributed by atoms with Gasteiger partial charge in [-0.15, -0.1) is 0 Å². The molecule has 4 rings (SSSR count). The van der Waals surface area contributed by atoms with E-state index in [1.807, 2.05) is 23.9 Å². The van der Waals surface area contributed by atoms with Crippen LogP contribution in [0.25, 0.3) is 0 Å². The summed E-state index contributed by atoms with van der Waals surface area (Å²) < 4.78 is 0. The summed E-state index contributed by atoms with van der Waals surface area (Å²) in [5, 5.41) is 3.35. The second-order valence-electron chi connectivity index (χ2n) is 8.27. The smallest absolute Gasteiger partial charge is 0.251 e. The van der Waals surface area contributed by atoms with E-state index in [2.05, 4.69) is 22.3 Å². The first kappa shape index (κ1) is 18.3. The van der Waals surface area contributed by atoms with Crippen molar-refractivity contribution in [1.29, 1.82) is 0 Å². The highest BCUT2D eigenvalue weighted by molar-refractivity contribution is 7.99. The lowest BCUT2D eigenvalue weighted by Crippen LogP contribution is -2.53. The average Bonchev–Trinajstić information content (AvgIpc) is 2.64. The molecule has 1 aromatic carbocycles. The standard InChI is InChI=1S/C21H31N3OS/c22-19-12-17-2-1-3-18(13-19)20(17)23-21(25)16-6-4-15(5-7-16)14-24-8-10-26-11-9-24/h4-7,17-20H,1-3,8-14,22H2,(H,23,25). The van der Waals surface area contributed by atoms with Crippen molar-refractivity contribution < 1.29 is 4.79 Å². The van der Waals surface area contributed by atoms with Gasteiger partial charge in [0.2, 0.25) is 0 Å². The minimum absolute atomic E-state index is 0.0864. The van der Waals surface area contributed by atoms with Crippen LogP contribution in [0.15, 0.2) is 24.3 Å². The van der Waals surface area contributed by atoms with Crippen LogP contribution in [-0.4, -0.2) is 47.5 Å². The third kappa shape index (κ3) is 4.26.